The highest BCUT2D eigenvalue weighted by Gasteiger charge is 2.14. The van der Waals surface area contributed by atoms with Gasteiger partial charge < -0.3 is 16.0 Å². The van der Waals surface area contributed by atoms with Crippen molar-refractivity contribution in [3.05, 3.63) is 101 Å². The molecule has 3 rings (SSSR count). The van der Waals surface area contributed by atoms with Crippen LogP contribution in [-0.4, -0.2) is 17.7 Å². The van der Waals surface area contributed by atoms with E-state index in [2.05, 4.69) is 16.0 Å². The predicted octanol–water partition coefficient (Wildman–Crippen LogP) is 4.67. The van der Waals surface area contributed by atoms with Crippen molar-refractivity contribution in [1.82, 2.24) is 5.32 Å². The van der Waals surface area contributed by atoms with E-state index in [4.69, 9.17) is 0 Å². The summed E-state index contributed by atoms with van der Waals surface area (Å²) in [5.74, 6) is -0.987. The minimum Gasteiger partial charge on any atom is -0.322 e. The van der Waals surface area contributed by atoms with Gasteiger partial charge in [-0.2, -0.15) is 0 Å². The summed E-state index contributed by atoms with van der Waals surface area (Å²) >= 11 is 0. The standard InChI is InChI=1S/C26H25N3O3/c1-17-9-7-8-12-21(17)16-24(27-19(3)30)26(32)28-22-13-14-23(18(2)15-22)29-25(31)20-10-5-4-6-11-20/h4-16H,1-3H3,(H,27,30)(H,28,32)(H,29,31)/b24-16-. The van der Waals surface area contributed by atoms with Crippen molar-refractivity contribution >= 4 is 35.2 Å². The SMILES string of the molecule is CC(=O)N/C(=C\c1ccccc1C)C(=O)Nc1ccc(NC(=O)c2ccccc2)c(C)c1. The fourth-order valence-corrected chi connectivity index (χ4v) is 3.12. The zero-order valence-corrected chi connectivity index (χ0v) is 18.2. The lowest BCUT2D eigenvalue weighted by Crippen LogP contribution is -2.29. The molecule has 0 heterocycles. The molecule has 0 bridgehead atoms. The summed E-state index contributed by atoms with van der Waals surface area (Å²) in [4.78, 5) is 36.9. The van der Waals surface area contributed by atoms with E-state index in [0.29, 0.717) is 16.9 Å². The fraction of sp³-hybridized carbons (Fsp3) is 0.115. The quantitative estimate of drug-likeness (QED) is 0.500. The van der Waals surface area contributed by atoms with Crippen molar-refractivity contribution in [2.75, 3.05) is 10.6 Å². The van der Waals surface area contributed by atoms with Crippen molar-refractivity contribution in [2.45, 2.75) is 20.8 Å². The van der Waals surface area contributed by atoms with E-state index in [0.717, 1.165) is 16.7 Å². The fourth-order valence-electron chi connectivity index (χ4n) is 3.12. The Balaban J connectivity index is 1.77. The van der Waals surface area contributed by atoms with Crippen LogP contribution < -0.4 is 16.0 Å². The maximum absolute atomic E-state index is 12.9. The van der Waals surface area contributed by atoms with Gasteiger partial charge in [0.1, 0.15) is 5.70 Å². The average molecular weight is 428 g/mol. The van der Waals surface area contributed by atoms with Gasteiger partial charge in [-0.3, -0.25) is 14.4 Å². The smallest absolute Gasteiger partial charge is 0.272 e. The van der Waals surface area contributed by atoms with Gasteiger partial charge >= 0.3 is 0 Å². The summed E-state index contributed by atoms with van der Waals surface area (Å²) in [6.45, 7) is 5.13. The summed E-state index contributed by atoms with van der Waals surface area (Å²) in [5.41, 5.74) is 4.51. The maximum atomic E-state index is 12.9. The summed E-state index contributed by atoms with van der Waals surface area (Å²) in [6, 6.07) is 21.7. The molecule has 0 aliphatic heterocycles. The molecule has 3 aromatic rings. The molecule has 32 heavy (non-hydrogen) atoms. The normalized spacial score (nSPS) is 10.9. The molecule has 6 nitrogen and oxygen atoms in total. The first-order valence-corrected chi connectivity index (χ1v) is 10.2. The lowest BCUT2D eigenvalue weighted by molar-refractivity contribution is -0.120. The highest BCUT2D eigenvalue weighted by Crippen LogP contribution is 2.21. The second-order valence-electron chi connectivity index (χ2n) is 7.40. The van der Waals surface area contributed by atoms with Crippen LogP contribution in [-0.2, 0) is 9.59 Å². The zero-order chi connectivity index (χ0) is 23.1. The Hall–Kier alpha value is -4.19. The van der Waals surface area contributed by atoms with Crippen LogP contribution in [0, 0.1) is 13.8 Å². The topological polar surface area (TPSA) is 87.3 Å². The number of hydrogen-bond donors (Lipinski definition) is 3. The second kappa shape index (κ2) is 10.2. The highest BCUT2D eigenvalue weighted by atomic mass is 16.2. The minimum atomic E-state index is -0.441. The molecule has 0 spiro atoms. The molecule has 0 saturated carbocycles. The van der Waals surface area contributed by atoms with Crippen LogP contribution in [0.2, 0.25) is 0 Å². The third-order valence-electron chi connectivity index (χ3n) is 4.81. The Kier molecular flexibility index (Phi) is 7.18. The molecule has 0 aromatic heterocycles. The van der Waals surface area contributed by atoms with E-state index in [9.17, 15) is 14.4 Å². The number of nitrogens with one attached hydrogen (secondary N) is 3. The van der Waals surface area contributed by atoms with Gasteiger partial charge in [-0.25, -0.2) is 0 Å². The van der Waals surface area contributed by atoms with Crippen LogP contribution in [0.5, 0.6) is 0 Å². The number of aryl methyl sites for hydroxylation is 2. The van der Waals surface area contributed by atoms with E-state index in [1.54, 1.807) is 48.5 Å². The molecule has 0 saturated heterocycles. The molecule has 0 unspecified atom stereocenters. The molecule has 3 aromatic carbocycles. The van der Waals surface area contributed by atoms with E-state index in [1.807, 2.05) is 44.2 Å². The van der Waals surface area contributed by atoms with Gasteiger partial charge in [0.2, 0.25) is 5.91 Å². The maximum Gasteiger partial charge on any atom is 0.272 e. The largest absolute Gasteiger partial charge is 0.322 e. The lowest BCUT2D eigenvalue weighted by Gasteiger charge is -2.13. The summed E-state index contributed by atoms with van der Waals surface area (Å²) < 4.78 is 0. The molecule has 0 aliphatic carbocycles. The lowest BCUT2D eigenvalue weighted by atomic mass is 10.1. The predicted molar refractivity (Wildman–Crippen MR) is 127 cm³/mol. The van der Waals surface area contributed by atoms with Crippen LogP contribution in [0.25, 0.3) is 6.08 Å². The summed E-state index contributed by atoms with van der Waals surface area (Å²) in [5, 5.41) is 8.28. The van der Waals surface area contributed by atoms with E-state index in [1.165, 1.54) is 6.92 Å². The van der Waals surface area contributed by atoms with Gasteiger partial charge in [0.15, 0.2) is 0 Å². The number of carbonyl (C=O) groups excluding carboxylic acids is 3. The molecule has 0 radical (unpaired) electrons. The number of benzene rings is 3. The number of hydrogen-bond acceptors (Lipinski definition) is 3. The minimum absolute atomic E-state index is 0.144. The van der Waals surface area contributed by atoms with Gasteiger partial charge in [-0.15, -0.1) is 0 Å². The van der Waals surface area contributed by atoms with E-state index >= 15 is 0 Å². The number of rotatable bonds is 6. The van der Waals surface area contributed by atoms with Crippen LogP contribution in [0.4, 0.5) is 11.4 Å². The third kappa shape index (κ3) is 5.92. The second-order valence-corrected chi connectivity index (χ2v) is 7.40. The average Bonchev–Trinajstić information content (AvgIpc) is 2.77. The summed E-state index contributed by atoms with van der Waals surface area (Å²) in [6.07, 6.45) is 1.65. The van der Waals surface area contributed by atoms with Crippen molar-refractivity contribution in [2.24, 2.45) is 0 Å². The van der Waals surface area contributed by atoms with Gasteiger partial charge in [0.05, 0.1) is 0 Å². The van der Waals surface area contributed by atoms with E-state index in [-0.39, 0.29) is 17.5 Å². The Bertz CT molecular complexity index is 1180. The number of carbonyl (C=O) groups is 3. The Morgan fingerprint density at radius 3 is 2.12 bits per heavy atom. The third-order valence-corrected chi connectivity index (χ3v) is 4.81. The monoisotopic (exact) mass is 427 g/mol. The molecular weight excluding hydrogens is 402 g/mol. The van der Waals surface area contributed by atoms with Gasteiger partial charge in [0, 0.05) is 23.9 Å². The van der Waals surface area contributed by atoms with Gasteiger partial charge in [-0.05, 0) is 66.9 Å². The first-order valence-electron chi connectivity index (χ1n) is 10.2. The molecule has 0 aliphatic rings. The molecule has 3 amide bonds. The van der Waals surface area contributed by atoms with Crippen molar-refractivity contribution < 1.29 is 14.4 Å². The van der Waals surface area contributed by atoms with Gasteiger partial charge in [0.25, 0.3) is 11.8 Å². The van der Waals surface area contributed by atoms with Crippen molar-refractivity contribution in [1.29, 1.82) is 0 Å². The number of amides is 3. The Morgan fingerprint density at radius 2 is 1.47 bits per heavy atom. The van der Waals surface area contributed by atoms with Crippen LogP contribution in [0.1, 0.15) is 34.0 Å². The zero-order valence-electron chi connectivity index (χ0n) is 18.2. The van der Waals surface area contributed by atoms with E-state index < -0.39 is 5.91 Å². The van der Waals surface area contributed by atoms with Crippen LogP contribution >= 0.6 is 0 Å². The van der Waals surface area contributed by atoms with Crippen molar-refractivity contribution in [3.63, 3.8) is 0 Å². The molecule has 0 fully saturated rings. The number of anilines is 2. The van der Waals surface area contributed by atoms with Crippen molar-refractivity contribution in [3.8, 4) is 0 Å². The molecule has 3 N–H and O–H groups in total. The van der Waals surface area contributed by atoms with Crippen LogP contribution in [0.3, 0.4) is 0 Å². The molecular formula is C26H25N3O3. The molecule has 0 atom stereocenters. The first-order chi connectivity index (χ1) is 15.3. The first kappa shape index (κ1) is 22.5. The van der Waals surface area contributed by atoms with Crippen LogP contribution in [0.15, 0.2) is 78.5 Å². The Labute approximate surface area is 187 Å². The summed E-state index contributed by atoms with van der Waals surface area (Å²) in [7, 11) is 0. The highest BCUT2D eigenvalue weighted by molar-refractivity contribution is 6.09. The van der Waals surface area contributed by atoms with Gasteiger partial charge in [-0.1, -0.05) is 42.5 Å². The molecule has 162 valence electrons. The molecule has 6 heteroatoms. The Morgan fingerprint density at radius 1 is 0.781 bits per heavy atom.